The fourth-order valence-corrected chi connectivity index (χ4v) is 2.58. The average Bonchev–Trinajstić information content (AvgIpc) is 2.67. The Labute approximate surface area is 151 Å². The lowest BCUT2D eigenvalue weighted by Gasteiger charge is -2.11. The molecule has 0 bridgehead atoms. The molecule has 132 valence electrons. The van der Waals surface area contributed by atoms with Crippen molar-refractivity contribution in [2.24, 2.45) is 5.10 Å². The molecular formula is C21H20N2O3. The van der Waals surface area contributed by atoms with Crippen LogP contribution in [-0.4, -0.2) is 23.8 Å². The highest BCUT2D eigenvalue weighted by Gasteiger charge is 2.08. The van der Waals surface area contributed by atoms with Crippen molar-refractivity contribution in [1.29, 1.82) is 0 Å². The molecule has 3 aromatic carbocycles. The molecule has 5 nitrogen and oxygen atoms in total. The van der Waals surface area contributed by atoms with Crippen LogP contribution in [0, 0.1) is 0 Å². The minimum absolute atomic E-state index is 0.110. The maximum atomic E-state index is 12.1. The third-order valence-electron chi connectivity index (χ3n) is 3.88. The van der Waals surface area contributed by atoms with Gasteiger partial charge in [0.2, 0.25) is 0 Å². The van der Waals surface area contributed by atoms with E-state index in [1.807, 2.05) is 43.3 Å². The molecule has 0 aromatic heterocycles. The lowest BCUT2D eigenvalue weighted by Crippen LogP contribution is -2.17. The second-order valence-electron chi connectivity index (χ2n) is 5.79. The van der Waals surface area contributed by atoms with Crippen molar-refractivity contribution in [3.05, 3.63) is 71.8 Å². The van der Waals surface area contributed by atoms with Gasteiger partial charge in [0, 0.05) is 11.1 Å². The third kappa shape index (κ3) is 4.00. The van der Waals surface area contributed by atoms with Gasteiger partial charge in [-0.05, 0) is 47.5 Å². The number of fused-ring (bicyclic) bond motifs is 1. The number of ether oxygens (including phenoxy) is 1. The highest BCUT2D eigenvalue weighted by Crippen LogP contribution is 2.26. The summed E-state index contributed by atoms with van der Waals surface area (Å²) < 4.78 is 5.82. The Morgan fingerprint density at radius 2 is 1.88 bits per heavy atom. The summed E-state index contributed by atoms with van der Waals surface area (Å²) in [6.07, 6.45) is 2.51. The molecule has 0 aliphatic heterocycles. The van der Waals surface area contributed by atoms with E-state index < -0.39 is 0 Å². The molecule has 26 heavy (non-hydrogen) atoms. The maximum Gasteiger partial charge on any atom is 0.271 e. The standard InChI is InChI=1S/C21H20N2O3/c1-2-13-26-20-12-9-15-5-3-4-6-18(15)19(20)14-22-23-21(25)16-7-10-17(24)11-8-16/h3-12,14,24H,2,13H2,1H3,(H,23,25)/b22-14-. The van der Waals surface area contributed by atoms with E-state index in [1.165, 1.54) is 24.3 Å². The number of hydrogen-bond acceptors (Lipinski definition) is 4. The minimum Gasteiger partial charge on any atom is -0.508 e. The lowest BCUT2D eigenvalue weighted by molar-refractivity contribution is 0.0955. The van der Waals surface area contributed by atoms with E-state index in [0.29, 0.717) is 12.2 Å². The molecule has 0 unspecified atom stereocenters. The predicted molar refractivity (Wildman–Crippen MR) is 103 cm³/mol. The first-order chi connectivity index (χ1) is 12.7. The van der Waals surface area contributed by atoms with Crippen LogP contribution in [0.1, 0.15) is 29.3 Å². The van der Waals surface area contributed by atoms with Gasteiger partial charge in [-0.1, -0.05) is 37.3 Å². The van der Waals surface area contributed by atoms with E-state index in [0.717, 1.165) is 28.5 Å². The van der Waals surface area contributed by atoms with Crippen LogP contribution in [0.4, 0.5) is 0 Å². The quantitative estimate of drug-likeness (QED) is 0.520. The Hall–Kier alpha value is -3.34. The van der Waals surface area contributed by atoms with Gasteiger partial charge in [0.25, 0.3) is 5.91 Å². The molecule has 3 aromatic rings. The fourth-order valence-electron chi connectivity index (χ4n) is 2.58. The van der Waals surface area contributed by atoms with Gasteiger partial charge in [0.1, 0.15) is 11.5 Å². The Morgan fingerprint density at radius 1 is 1.12 bits per heavy atom. The summed E-state index contributed by atoms with van der Waals surface area (Å²) in [4.78, 5) is 12.1. The number of phenolic OH excluding ortho intramolecular Hbond substituents is 1. The number of nitrogens with one attached hydrogen (secondary N) is 1. The van der Waals surface area contributed by atoms with Gasteiger partial charge < -0.3 is 9.84 Å². The van der Waals surface area contributed by atoms with Gasteiger partial charge in [-0.2, -0.15) is 5.10 Å². The highest BCUT2D eigenvalue weighted by molar-refractivity contribution is 6.03. The molecule has 0 saturated carbocycles. The summed E-state index contributed by atoms with van der Waals surface area (Å²) in [5.74, 6) is 0.490. The zero-order valence-electron chi connectivity index (χ0n) is 14.5. The molecule has 0 atom stereocenters. The topological polar surface area (TPSA) is 70.9 Å². The monoisotopic (exact) mass is 348 g/mol. The Bertz CT molecular complexity index is 934. The van der Waals surface area contributed by atoms with E-state index in [4.69, 9.17) is 4.74 Å². The number of nitrogens with zero attached hydrogens (tertiary/aromatic N) is 1. The normalized spacial score (nSPS) is 11.0. The molecule has 0 radical (unpaired) electrons. The Kier molecular flexibility index (Phi) is 5.49. The fraction of sp³-hybridized carbons (Fsp3) is 0.143. The molecule has 0 heterocycles. The number of amides is 1. The number of aromatic hydroxyl groups is 1. The maximum absolute atomic E-state index is 12.1. The molecular weight excluding hydrogens is 328 g/mol. The summed E-state index contributed by atoms with van der Waals surface area (Å²) in [5, 5.41) is 15.5. The van der Waals surface area contributed by atoms with Crippen LogP contribution in [0.3, 0.4) is 0 Å². The molecule has 3 rings (SSSR count). The van der Waals surface area contributed by atoms with E-state index in [1.54, 1.807) is 6.21 Å². The van der Waals surface area contributed by atoms with E-state index in [9.17, 15) is 9.90 Å². The van der Waals surface area contributed by atoms with Crippen molar-refractivity contribution in [2.45, 2.75) is 13.3 Å². The molecule has 0 fully saturated rings. The van der Waals surface area contributed by atoms with E-state index in [2.05, 4.69) is 10.5 Å². The summed E-state index contributed by atoms with van der Waals surface area (Å²) in [6, 6.07) is 17.9. The van der Waals surface area contributed by atoms with Crippen LogP contribution < -0.4 is 10.2 Å². The van der Waals surface area contributed by atoms with Crippen LogP contribution >= 0.6 is 0 Å². The second-order valence-corrected chi connectivity index (χ2v) is 5.79. The smallest absolute Gasteiger partial charge is 0.271 e. The van der Waals surface area contributed by atoms with Gasteiger partial charge in [0.15, 0.2) is 0 Å². The predicted octanol–water partition coefficient (Wildman–Crippen LogP) is 4.10. The number of phenols is 1. The van der Waals surface area contributed by atoms with Crippen LogP contribution in [0.25, 0.3) is 10.8 Å². The van der Waals surface area contributed by atoms with Crippen LogP contribution in [0.2, 0.25) is 0 Å². The SMILES string of the molecule is CCCOc1ccc2ccccc2c1/C=N\NC(=O)c1ccc(O)cc1. The van der Waals surface area contributed by atoms with Gasteiger partial charge in [0.05, 0.1) is 12.8 Å². The zero-order chi connectivity index (χ0) is 18.4. The first-order valence-electron chi connectivity index (χ1n) is 8.46. The highest BCUT2D eigenvalue weighted by atomic mass is 16.5. The van der Waals surface area contributed by atoms with Gasteiger partial charge >= 0.3 is 0 Å². The molecule has 2 N–H and O–H groups in total. The number of carbonyl (C=O) groups is 1. The van der Waals surface area contributed by atoms with Crippen LogP contribution in [0.5, 0.6) is 11.5 Å². The van der Waals surface area contributed by atoms with Gasteiger partial charge in [-0.25, -0.2) is 5.43 Å². The van der Waals surface area contributed by atoms with Gasteiger partial charge in [-0.3, -0.25) is 4.79 Å². The van der Waals surface area contributed by atoms with Crippen molar-refractivity contribution in [3.8, 4) is 11.5 Å². The van der Waals surface area contributed by atoms with Crippen LogP contribution in [-0.2, 0) is 0 Å². The second kappa shape index (κ2) is 8.16. The summed E-state index contributed by atoms with van der Waals surface area (Å²) in [7, 11) is 0. The summed E-state index contributed by atoms with van der Waals surface area (Å²) in [5.41, 5.74) is 3.75. The van der Waals surface area contributed by atoms with E-state index >= 15 is 0 Å². The number of carbonyl (C=O) groups excluding carboxylic acids is 1. The number of hydrogen-bond donors (Lipinski definition) is 2. The first-order valence-corrected chi connectivity index (χ1v) is 8.46. The number of benzene rings is 3. The summed E-state index contributed by atoms with van der Waals surface area (Å²) >= 11 is 0. The Balaban J connectivity index is 1.85. The van der Waals surface area contributed by atoms with Crippen molar-refractivity contribution < 1.29 is 14.6 Å². The molecule has 0 aliphatic rings. The van der Waals surface area contributed by atoms with Gasteiger partial charge in [-0.15, -0.1) is 0 Å². The third-order valence-corrected chi connectivity index (χ3v) is 3.88. The first kappa shape index (κ1) is 17.5. The van der Waals surface area contributed by atoms with Crippen molar-refractivity contribution in [2.75, 3.05) is 6.61 Å². The molecule has 0 saturated heterocycles. The number of hydrazone groups is 1. The van der Waals surface area contributed by atoms with Crippen molar-refractivity contribution in [3.63, 3.8) is 0 Å². The van der Waals surface area contributed by atoms with Crippen LogP contribution in [0.15, 0.2) is 65.8 Å². The zero-order valence-corrected chi connectivity index (χ0v) is 14.5. The van der Waals surface area contributed by atoms with Crippen molar-refractivity contribution >= 4 is 22.9 Å². The number of rotatable bonds is 6. The minimum atomic E-state index is -0.350. The summed E-state index contributed by atoms with van der Waals surface area (Å²) in [6.45, 7) is 2.66. The average molecular weight is 348 g/mol. The largest absolute Gasteiger partial charge is 0.508 e. The van der Waals surface area contributed by atoms with Crippen molar-refractivity contribution in [1.82, 2.24) is 5.43 Å². The lowest BCUT2D eigenvalue weighted by atomic mass is 10.0. The molecule has 0 aliphatic carbocycles. The molecule has 0 spiro atoms. The van der Waals surface area contributed by atoms with E-state index in [-0.39, 0.29) is 11.7 Å². The molecule has 5 heteroatoms. The molecule has 1 amide bonds. The Morgan fingerprint density at radius 3 is 2.65 bits per heavy atom.